The van der Waals surface area contributed by atoms with Crippen LogP contribution in [-0.2, 0) is 0 Å². The number of hydrogen-bond acceptors (Lipinski definition) is 0. The molecule has 0 N–H and O–H groups in total. The van der Waals surface area contributed by atoms with Gasteiger partial charge < -0.3 is 0 Å². The van der Waals surface area contributed by atoms with E-state index in [0.29, 0.717) is 0 Å². The normalized spacial score (nSPS) is 11.0. The minimum atomic E-state index is 1.14. The Morgan fingerprint density at radius 3 is 2.73 bits per heavy atom. The van der Waals surface area contributed by atoms with Crippen molar-refractivity contribution in [1.29, 1.82) is 0 Å². The zero-order valence-electron chi connectivity index (χ0n) is 8.00. The molecule has 0 nitrogen and oxygen atoms in total. The molecule has 0 saturated heterocycles. The molecule has 3 aromatic rings. The first-order chi connectivity index (χ1) is 7.34. The standard InChI is InChI=1S/C14H8Br/c15-14-7-3-6-12-8-10-4-1-2-5-11(10)9-13(12)14/h1-3,5-9H. The molecule has 0 spiro atoms. The van der Waals surface area contributed by atoms with Crippen LogP contribution in [0.3, 0.4) is 0 Å². The Kier molecular flexibility index (Phi) is 2.00. The molecule has 0 aliphatic carbocycles. The van der Waals surface area contributed by atoms with E-state index < -0.39 is 0 Å². The van der Waals surface area contributed by atoms with Crippen molar-refractivity contribution in [1.82, 2.24) is 0 Å². The topological polar surface area (TPSA) is 0 Å². The molecule has 0 aliphatic heterocycles. The van der Waals surface area contributed by atoms with Crippen molar-refractivity contribution in [3.8, 4) is 0 Å². The Hall–Kier alpha value is -1.34. The average Bonchev–Trinajstić information content (AvgIpc) is 2.27. The summed E-state index contributed by atoms with van der Waals surface area (Å²) in [4.78, 5) is 0. The van der Waals surface area contributed by atoms with Gasteiger partial charge in [-0.1, -0.05) is 46.3 Å². The molecular formula is C14H8Br. The van der Waals surface area contributed by atoms with E-state index in [9.17, 15) is 0 Å². The predicted molar refractivity (Wildman–Crippen MR) is 68.0 cm³/mol. The predicted octanol–water partition coefficient (Wildman–Crippen LogP) is 4.56. The van der Waals surface area contributed by atoms with Crippen molar-refractivity contribution in [2.45, 2.75) is 0 Å². The molecule has 15 heavy (non-hydrogen) atoms. The molecule has 1 radical (unpaired) electrons. The van der Waals surface area contributed by atoms with Gasteiger partial charge in [-0.15, -0.1) is 0 Å². The number of rotatable bonds is 0. The highest BCUT2D eigenvalue weighted by molar-refractivity contribution is 9.10. The second-order valence-corrected chi connectivity index (χ2v) is 4.42. The molecule has 71 valence electrons. The molecule has 0 saturated carbocycles. The molecule has 0 aromatic heterocycles. The summed E-state index contributed by atoms with van der Waals surface area (Å²) >= 11 is 3.57. The fourth-order valence-electron chi connectivity index (χ4n) is 1.86. The van der Waals surface area contributed by atoms with E-state index in [2.05, 4.69) is 58.4 Å². The highest BCUT2D eigenvalue weighted by Gasteiger charge is 2.00. The van der Waals surface area contributed by atoms with Crippen molar-refractivity contribution < 1.29 is 0 Å². The van der Waals surface area contributed by atoms with E-state index in [1.165, 1.54) is 21.5 Å². The van der Waals surface area contributed by atoms with Gasteiger partial charge in [0, 0.05) is 4.47 Å². The third kappa shape index (κ3) is 1.44. The second kappa shape index (κ2) is 3.35. The van der Waals surface area contributed by atoms with Crippen LogP contribution >= 0.6 is 15.9 Å². The Balaban J connectivity index is 2.53. The lowest BCUT2D eigenvalue weighted by molar-refractivity contribution is 1.72. The first-order valence-electron chi connectivity index (χ1n) is 4.83. The Morgan fingerprint density at radius 1 is 0.933 bits per heavy atom. The third-order valence-electron chi connectivity index (χ3n) is 2.61. The first-order valence-corrected chi connectivity index (χ1v) is 5.62. The highest BCUT2D eigenvalue weighted by atomic mass is 79.9. The quantitative estimate of drug-likeness (QED) is 0.517. The summed E-state index contributed by atoms with van der Waals surface area (Å²) in [5.41, 5.74) is 0. The van der Waals surface area contributed by atoms with Crippen molar-refractivity contribution >= 4 is 37.5 Å². The van der Waals surface area contributed by atoms with Gasteiger partial charge in [-0.05, 0) is 45.8 Å². The molecule has 0 aliphatic rings. The molecule has 0 unspecified atom stereocenters. The molecule has 3 rings (SSSR count). The van der Waals surface area contributed by atoms with Gasteiger partial charge in [0.1, 0.15) is 0 Å². The van der Waals surface area contributed by atoms with Crippen molar-refractivity contribution in [3.63, 3.8) is 0 Å². The third-order valence-corrected chi connectivity index (χ3v) is 3.30. The lowest BCUT2D eigenvalue weighted by Gasteiger charge is -2.03. The summed E-state index contributed by atoms with van der Waals surface area (Å²) in [6.07, 6.45) is 0. The molecule has 0 bridgehead atoms. The number of benzene rings is 3. The van der Waals surface area contributed by atoms with Crippen LogP contribution < -0.4 is 0 Å². The fraction of sp³-hybridized carbons (Fsp3) is 0. The van der Waals surface area contributed by atoms with E-state index in [-0.39, 0.29) is 0 Å². The lowest BCUT2D eigenvalue weighted by atomic mass is 10.0. The van der Waals surface area contributed by atoms with Gasteiger partial charge in [0.15, 0.2) is 0 Å². The van der Waals surface area contributed by atoms with Crippen LogP contribution in [0, 0.1) is 6.07 Å². The van der Waals surface area contributed by atoms with Gasteiger partial charge in [0.25, 0.3) is 0 Å². The summed E-state index contributed by atoms with van der Waals surface area (Å²) in [5, 5.41) is 4.91. The van der Waals surface area contributed by atoms with Crippen LogP contribution in [-0.4, -0.2) is 0 Å². The van der Waals surface area contributed by atoms with Gasteiger partial charge in [-0.3, -0.25) is 0 Å². The average molecular weight is 256 g/mol. The van der Waals surface area contributed by atoms with Crippen molar-refractivity contribution in [2.24, 2.45) is 0 Å². The van der Waals surface area contributed by atoms with E-state index >= 15 is 0 Å². The Labute approximate surface area is 96.7 Å². The monoisotopic (exact) mass is 255 g/mol. The van der Waals surface area contributed by atoms with E-state index in [4.69, 9.17) is 0 Å². The Morgan fingerprint density at radius 2 is 1.80 bits per heavy atom. The smallest absolute Gasteiger partial charge is 0.0253 e. The molecule has 0 heterocycles. The van der Waals surface area contributed by atoms with E-state index in [1.807, 2.05) is 12.1 Å². The number of fused-ring (bicyclic) bond motifs is 2. The minimum absolute atomic E-state index is 1.14. The minimum Gasteiger partial charge on any atom is -0.0610 e. The summed E-state index contributed by atoms with van der Waals surface area (Å²) in [5.74, 6) is 0. The summed E-state index contributed by atoms with van der Waals surface area (Å²) in [7, 11) is 0. The molecule has 1 heteroatoms. The van der Waals surface area contributed by atoms with Crippen LogP contribution in [0.4, 0.5) is 0 Å². The zero-order chi connectivity index (χ0) is 10.3. The maximum Gasteiger partial charge on any atom is 0.0253 e. The highest BCUT2D eigenvalue weighted by Crippen LogP contribution is 2.27. The fourth-order valence-corrected chi connectivity index (χ4v) is 2.35. The van der Waals surface area contributed by atoms with Crippen LogP contribution in [0.5, 0.6) is 0 Å². The molecule has 0 atom stereocenters. The van der Waals surface area contributed by atoms with Crippen LogP contribution in [0.2, 0.25) is 0 Å². The molecule has 0 amide bonds. The lowest BCUT2D eigenvalue weighted by Crippen LogP contribution is -1.77. The maximum atomic E-state index is 3.57. The van der Waals surface area contributed by atoms with Gasteiger partial charge in [0.2, 0.25) is 0 Å². The van der Waals surface area contributed by atoms with Crippen LogP contribution in [0.1, 0.15) is 0 Å². The van der Waals surface area contributed by atoms with Gasteiger partial charge in [0.05, 0.1) is 0 Å². The van der Waals surface area contributed by atoms with Gasteiger partial charge in [-0.25, -0.2) is 0 Å². The van der Waals surface area contributed by atoms with Gasteiger partial charge in [-0.2, -0.15) is 0 Å². The first kappa shape index (κ1) is 8.93. The molecule has 3 aromatic carbocycles. The second-order valence-electron chi connectivity index (χ2n) is 3.57. The molecule has 0 fully saturated rings. The van der Waals surface area contributed by atoms with E-state index in [0.717, 1.165) is 4.47 Å². The van der Waals surface area contributed by atoms with Gasteiger partial charge >= 0.3 is 0 Å². The van der Waals surface area contributed by atoms with Crippen LogP contribution in [0.15, 0.2) is 53.0 Å². The largest absolute Gasteiger partial charge is 0.0610 e. The summed E-state index contributed by atoms with van der Waals surface area (Å²) < 4.78 is 1.14. The summed E-state index contributed by atoms with van der Waals surface area (Å²) in [6, 6.07) is 20.0. The Bertz CT molecular complexity index is 641. The SMILES string of the molecule is Brc1cccc2cc3[c]cccc3cc12. The van der Waals surface area contributed by atoms with Crippen LogP contribution in [0.25, 0.3) is 21.5 Å². The maximum absolute atomic E-state index is 3.57. The number of hydrogen-bond donors (Lipinski definition) is 0. The zero-order valence-corrected chi connectivity index (χ0v) is 9.58. The van der Waals surface area contributed by atoms with E-state index in [1.54, 1.807) is 0 Å². The number of halogens is 1. The van der Waals surface area contributed by atoms with Crippen molar-refractivity contribution in [2.75, 3.05) is 0 Å². The molecular weight excluding hydrogens is 248 g/mol. The van der Waals surface area contributed by atoms with Crippen molar-refractivity contribution in [3.05, 3.63) is 59.1 Å². The summed E-state index contributed by atoms with van der Waals surface area (Å²) in [6.45, 7) is 0.